The first-order chi connectivity index (χ1) is 7.06. The lowest BCUT2D eigenvalue weighted by Crippen LogP contribution is -2.42. The first-order valence-electron chi connectivity index (χ1n) is 5.12. The molecule has 0 spiro atoms. The molecule has 0 aliphatic carbocycles. The van der Waals surface area contributed by atoms with Gasteiger partial charge in [-0.1, -0.05) is 6.92 Å². The molecular weight excluding hydrogens is 194 g/mol. The number of aromatic nitrogens is 2. The number of aryl methyl sites for hydroxylation is 1. The first-order valence-corrected chi connectivity index (χ1v) is 5.12. The Kier molecular flexibility index (Phi) is 3.85. The van der Waals surface area contributed by atoms with Crippen LogP contribution in [0.5, 0.6) is 0 Å². The van der Waals surface area contributed by atoms with E-state index in [1.54, 1.807) is 6.92 Å². The SMILES string of the molecule is CCCn1ccc(=O)n(CC(C)N)c1=O. The van der Waals surface area contributed by atoms with Crippen molar-refractivity contribution in [3.05, 3.63) is 33.1 Å². The largest absolute Gasteiger partial charge is 0.331 e. The predicted molar refractivity (Wildman–Crippen MR) is 58.9 cm³/mol. The summed E-state index contributed by atoms with van der Waals surface area (Å²) in [4.78, 5) is 23.2. The maximum Gasteiger partial charge on any atom is 0.331 e. The van der Waals surface area contributed by atoms with Gasteiger partial charge in [0.15, 0.2) is 0 Å². The van der Waals surface area contributed by atoms with E-state index in [4.69, 9.17) is 5.73 Å². The highest BCUT2D eigenvalue weighted by atomic mass is 16.2. The van der Waals surface area contributed by atoms with Crippen molar-refractivity contribution >= 4 is 0 Å². The molecule has 5 heteroatoms. The molecule has 0 fully saturated rings. The molecule has 1 rings (SSSR count). The quantitative estimate of drug-likeness (QED) is 0.747. The highest BCUT2D eigenvalue weighted by molar-refractivity contribution is 4.87. The molecule has 0 aliphatic heterocycles. The van der Waals surface area contributed by atoms with Gasteiger partial charge in [-0.05, 0) is 13.3 Å². The van der Waals surface area contributed by atoms with Crippen LogP contribution in [-0.4, -0.2) is 15.2 Å². The molecule has 5 nitrogen and oxygen atoms in total. The molecule has 1 atom stereocenters. The smallest absolute Gasteiger partial charge is 0.326 e. The normalized spacial score (nSPS) is 12.7. The summed E-state index contributed by atoms with van der Waals surface area (Å²) in [5.41, 5.74) is 5.01. The predicted octanol–water partition coefficient (Wildman–Crippen LogP) is -0.233. The fourth-order valence-corrected chi connectivity index (χ4v) is 1.42. The fraction of sp³-hybridized carbons (Fsp3) is 0.600. The van der Waals surface area contributed by atoms with E-state index in [2.05, 4.69) is 0 Å². The van der Waals surface area contributed by atoms with Gasteiger partial charge in [0.2, 0.25) is 0 Å². The van der Waals surface area contributed by atoms with Crippen molar-refractivity contribution in [2.75, 3.05) is 0 Å². The van der Waals surface area contributed by atoms with Crippen LogP contribution in [0.25, 0.3) is 0 Å². The van der Waals surface area contributed by atoms with E-state index in [1.807, 2.05) is 6.92 Å². The highest BCUT2D eigenvalue weighted by Crippen LogP contribution is 1.85. The van der Waals surface area contributed by atoms with Crippen LogP contribution in [0.2, 0.25) is 0 Å². The van der Waals surface area contributed by atoms with Crippen molar-refractivity contribution < 1.29 is 0 Å². The number of nitrogens with two attached hydrogens (primary N) is 1. The topological polar surface area (TPSA) is 70.0 Å². The van der Waals surface area contributed by atoms with E-state index in [9.17, 15) is 9.59 Å². The fourth-order valence-electron chi connectivity index (χ4n) is 1.42. The molecule has 1 aromatic rings. The van der Waals surface area contributed by atoms with Gasteiger partial charge in [-0.15, -0.1) is 0 Å². The molecular formula is C10H17N3O2. The third-order valence-electron chi connectivity index (χ3n) is 2.07. The average Bonchev–Trinajstić information content (AvgIpc) is 2.17. The van der Waals surface area contributed by atoms with E-state index in [0.717, 1.165) is 6.42 Å². The Morgan fingerprint density at radius 2 is 2.13 bits per heavy atom. The molecule has 0 aliphatic rings. The van der Waals surface area contributed by atoms with Gasteiger partial charge in [-0.3, -0.25) is 9.36 Å². The van der Waals surface area contributed by atoms with E-state index in [0.29, 0.717) is 6.54 Å². The Hall–Kier alpha value is -1.36. The average molecular weight is 211 g/mol. The second kappa shape index (κ2) is 4.93. The molecule has 0 aromatic carbocycles. The van der Waals surface area contributed by atoms with Crippen LogP contribution < -0.4 is 17.0 Å². The van der Waals surface area contributed by atoms with Gasteiger partial charge in [-0.2, -0.15) is 0 Å². The summed E-state index contributed by atoms with van der Waals surface area (Å²) in [5.74, 6) is 0. The minimum absolute atomic E-state index is 0.201. The third kappa shape index (κ3) is 2.79. The van der Waals surface area contributed by atoms with Gasteiger partial charge in [0.1, 0.15) is 0 Å². The second-order valence-electron chi connectivity index (χ2n) is 3.72. The van der Waals surface area contributed by atoms with Crippen molar-refractivity contribution in [1.29, 1.82) is 0 Å². The molecule has 0 saturated heterocycles. The standard InChI is InChI=1S/C10H17N3O2/c1-3-5-12-6-4-9(14)13(10(12)15)7-8(2)11/h4,6,8H,3,5,7,11H2,1-2H3. The van der Waals surface area contributed by atoms with Gasteiger partial charge in [0.05, 0.1) is 0 Å². The molecule has 1 aromatic heterocycles. The van der Waals surface area contributed by atoms with Gasteiger partial charge < -0.3 is 10.3 Å². The number of hydrogen-bond acceptors (Lipinski definition) is 3. The summed E-state index contributed by atoms with van der Waals surface area (Å²) in [7, 11) is 0. The van der Waals surface area contributed by atoms with Crippen molar-refractivity contribution in [3.63, 3.8) is 0 Å². The summed E-state index contributed by atoms with van der Waals surface area (Å²) in [6.45, 7) is 4.64. The Labute approximate surface area is 88.1 Å². The molecule has 0 radical (unpaired) electrons. The lowest BCUT2D eigenvalue weighted by Gasteiger charge is -2.10. The van der Waals surface area contributed by atoms with Crippen LogP contribution in [0.4, 0.5) is 0 Å². The van der Waals surface area contributed by atoms with Crippen LogP contribution >= 0.6 is 0 Å². The Morgan fingerprint density at radius 1 is 1.47 bits per heavy atom. The monoisotopic (exact) mass is 211 g/mol. The zero-order chi connectivity index (χ0) is 11.4. The van der Waals surface area contributed by atoms with Crippen molar-refractivity contribution in [2.45, 2.75) is 39.4 Å². The maximum atomic E-state index is 11.8. The molecule has 84 valence electrons. The zero-order valence-corrected chi connectivity index (χ0v) is 9.14. The summed E-state index contributed by atoms with van der Waals surface area (Å²) in [6, 6.07) is 1.20. The second-order valence-corrected chi connectivity index (χ2v) is 3.72. The Morgan fingerprint density at radius 3 is 2.67 bits per heavy atom. The Bertz CT molecular complexity index is 431. The van der Waals surface area contributed by atoms with E-state index < -0.39 is 0 Å². The summed E-state index contributed by atoms with van der Waals surface area (Å²) >= 11 is 0. The molecule has 0 bridgehead atoms. The number of rotatable bonds is 4. The lowest BCUT2D eigenvalue weighted by molar-refractivity contribution is 0.507. The molecule has 1 unspecified atom stereocenters. The zero-order valence-electron chi connectivity index (χ0n) is 9.14. The highest BCUT2D eigenvalue weighted by Gasteiger charge is 2.05. The Balaban J connectivity index is 3.18. The molecule has 0 saturated carbocycles. The summed E-state index contributed by atoms with van der Waals surface area (Å²) in [6.07, 6.45) is 2.39. The molecule has 1 heterocycles. The van der Waals surface area contributed by atoms with Crippen LogP contribution in [0.1, 0.15) is 20.3 Å². The van der Waals surface area contributed by atoms with E-state index in [-0.39, 0.29) is 23.8 Å². The molecule has 0 amide bonds. The van der Waals surface area contributed by atoms with Crippen LogP contribution in [0, 0.1) is 0 Å². The van der Waals surface area contributed by atoms with Crippen molar-refractivity contribution in [1.82, 2.24) is 9.13 Å². The van der Waals surface area contributed by atoms with E-state index in [1.165, 1.54) is 21.4 Å². The van der Waals surface area contributed by atoms with Crippen LogP contribution in [0.15, 0.2) is 21.9 Å². The number of nitrogens with zero attached hydrogens (tertiary/aromatic N) is 2. The van der Waals surface area contributed by atoms with Crippen molar-refractivity contribution in [3.8, 4) is 0 Å². The third-order valence-corrected chi connectivity index (χ3v) is 2.07. The van der Waals surface area contributed by atoms with E-state index >= 15 is 0 Å². The molecule has 2 N–H and O–H groups in total. The first kappa shape index (κ1) is 11.7. The number of hydrogen-bond donors (Lipinski definition) is 1. The molecule has 15 heavy (non-hydrogen) atoms. The summed E-state index contributed by atoms with van der Waals surface area (Å²) in [5, 5.41) is 0. The van der Waals surface area contributed by atoms with Gasteiger partial charge in [0.25, 0.3) is 5.56 Å². The van der Waals surface area contributed by atoms with Crippen molar-refractivity contribution in [2.24, 2.45) is 5.73 Å². The minimum atomic E-state index is -0.287. The maximum absolute atomic E-state index is 11.8. The lowest BCUT2D eigenvalue weighted by atomic mass is 10.3. The van der Waals surface area contributed by atoms with Gasteiger partial charge >= 0.3 is 5.69 Å². The van der Waals surface area contributed by atoms with Gasteiger partial charge in [-0.25, -0.2) is 4.79 Å². The van der Waals surface area contributed by atoms with Gasteiger partial charge in [0, 0.05) is 31.4 Å². The summed E-state index contributed by atoms with van der Waals surface area (Å²) < 4.78 is 2.71. The van der Waals surface area contributed by atoms with Crippen LogP contribution in [-0.2, 0) is 13.1 Å². The van der Waals surface area contributed by atoms with Crippen LogP contribution in [0.3, 0.4) is 0 Å². The minimum Gasteiger partial charge on any atom is -0.326 e.